The summed E-state index contributed by atoms with van der Waals surface area (Å²) in [5.41, 5.74) is 0.532. The predicted octanol–water partition coefficient (Wildman–Crippen LogP) is 2.51. The van der Waals surface area contributed by atoms with Crippen molar-refractivity contribution in [3.05, 3.63) is 29.8 Å². The largest absolute Gasteiger partial charge is 0.493 e. The highest BCUT2D eigenvalue weighted by atomic mass is 16.5. The van der Waals surface area contributed by atoms with Gasteiger partial charge in [-0.05, 0) is 31.5 Å². The van der Waals surface area contributed by atoms with Crippen molar-refractivity contribution in [2.24, 2.45) is 0 Å². The van der Waals surface area contributed by atoms with E-state index in [0.717, 1.165) is 12.0 Å². The van der Waals surface area contributed by atoms with Crippen molar-refractivity contribution in [1.29, 1.82) is 0 Å². The van der Waals surface area contributed by atoms with Crippen LogP contribution in [0.4, 0.5) is 0 Å². The predicted molar refractivity (Wildman–Crippen MR) is 69.0 cm³/mol. The maximum Gasteiger partial charge on any atom is 0.307 e. The first-order valence-electron chi connectivity index (χ1n) is 5.91. The van der Waals surface area contributed by atoms with E-state index in [1.54, 1.807) is 25.3 Å². The van der Waals surface area contributed by atoms with E-state index < -0.39 is 5.97 Å². The van der Waals surface area contributed by atoms with Crippen LogP contribution in [0.3, 0.4) is 0 Å². The minimum atomic E-state index is -0.840. The quantitative estimate of drug-likeness (QED) is 0.810. The van der Waals surface area contributed by atoms with Gasteiger partial charge in [-0.1, -0.05) is 12.1 Å². The zero-order valence-electron chi connectivity index (χ0n) is 11.1. The van der Waals surface area contributed by atoms with E-state index in [-0.39, 0.29) is 12.0 Å². The molecule has 0 atom stereocenters. The van der Waals surface area contributed by atoms with Crippen LogP contribution in [-0.2, 0) is 16.0 Å². The van der Waals surface area contributed by atoms with E-state index in [2.05, 4.69) is 0 Å². The second-order valence-corrected chi connectivity index (χ2v) is 4.78. The maximum atomic E-state index is 10.6. The first kappa shape index (κ1) is 14.5. The summed E-state index contributed by atoms with van der Waals surface area (Å²) in [4.78, 5) is 10.6. The summed E-state index contributed by atoms with van der Waals surface area (Å²) in [5, 5.41) is 8.72. The zero-order valence-corrected chi connectivity index (χ0v) is 11.1. The average molecular weight is 252 g/mol. The van der Waals surface area contributed by atoms with Crippen molar-refractivity contribution in [2.45, 2.75) is 32.3 Å². The van der Waals surface area contributed by atoms with Gasteiger partial charge >= 0.3 is 5.97 Å². The Labute approximate surface area is 108 Å². The van der Waals surface area contributed by atoms with Crippen molar-refractivity contribution < 1.29 is 19.4 Å². The molecule has 0 spiro atoms. The van der Waals surface area contributed by atoms with Gasteiger partial charge in [-0.25, -0.2) is 0 Å². The number of carbonyl (C=O) groups is 1. The molecule has 0 heterocycles. The number of carboxylic acid groups (broad SMARTS) is 1. The summed E-state index contributed by atoms with van der Waals surface area (Å²) < 4.78 is 10.9. The van der Waals surface area contributed by atoms with Crippen LogP contribution in [0.2, 0.25) is 0 Å². The number of aliphatic carboxylic acids is 1. The normalized spacial score (nSPS) is 11.3. The Bertz CT molecular complexity index is 399. The van der Waals surface area contributed by atoms with Crippen LogP contribution in [0.1, 0.15) is 25.8 Å². The Kier molecular flexibility index (Phi) is 5.16. The molecular weight excluding hydrogens is 232 g/mol. The van der Waals surface area contributed by atoms with Gasteiger partial charge in [0.25, 0.3) is 0 Å². The lowest BCUT2D eigenvalue weighted by Crippen LogP contribution is -2.25. The molecule has 1 aromatic carbocycles. The first-order chi connectivity index (χ1) is 8.43. The Morgan fingerprint density at radius 1 is 1.39 bits per heavy atom. The summed E-state index contributed by atoms with van der Waals surface area (Å²) in [5.74, 6) is -0.145. The third kappa shape index (κ3) is 5.19. The minimum absolute atomic E-state index is 0.0146. The molecule has 1 aromatic rings. The molecule has 1 N–H and O–H groups in total. The van der Waals surface area contributed by atoms with Crippen LogP contribution in [0.5, 0.6) is 5.75 Å². The van der Waals surface area contributed by atoms with Crippen LogP contribution in [0.25, 0.3) is 0 Å². The van der Waals surface area contributed by atoms with Crippen molar-refractivity contribution >= 4 is 5.97 Å². The van der Waals surface area contributed by atoms with E-state index in [9.17, 15) is 4.79 Å². The van der Waals surface area contributed by atoms with Gasteiger partial charge in [0.15, 0.2) is 0 Å². The fourth-order valence-electron chi connectivity index (χ4n) is 1.44. The van der Waals surface area contributed by atoms with Gasteiger partial charge in [-0.2, -0.15) is 0 Å². The highest BCUT2D eigenvalue weighted by Crippen LogP contribution is 2.17. The number of ether oxygens (including phenoxy) is 2. The monoisotopic (exact) mass is 252 g/mol. The van der Waals surface area contributed by atoms with Crippen LogP contribution in [0.15, 0.2) is 24.3 Å². The van der Waals surface area contributed by atoms with E-state index in [0.29, 0.717) is 12.4 Å². The van der Waals surface area contributed by atoms with Gasteiger partial charge in [0, 0.05) is 13.5 Å². The SMILES string of the molecule is COC(C)(C)CCOc1cccc(CC(=O)O)c1. The van der Waals surface area contributed by atoms with Crippen LogP contribution in [0, 0.1) is 0 Å². The molecule has 100 valence electrons. The molecule has 0 radical (unpaired) electrons. The smallest absolute Gasteiger partial charge is 0.307 e. The summed E-state index contributed by atoms with van der Waals surface area (Å²) in [6, 6.07) is 7.16. The molecule has 0 bridgehead atoms. The van der Waals surface area contributed by atoms with E-state index in [4.69, 9.17) is 14.6 Å². The lowest BCUT2D eigenvalue weighted by Gasteiger charge is -2.22. The second kappa shape index (κ2) is 6.40. The fraction of sp³-hybridized carbons (Fsp3) is 0.500. The van der Waals surface area contributed by atoms with Crippen LogP contribution < -0.4 is 4.74 Å². The molecular formula is C14H20O4. The van der Waals surface area contributed by atoms with Crippen molar-refractivity contribution in [1.82, 2.24) is 0 Å². The second-order valence-electron chi connectivity index (χ2n) is 4.78. The Balaban J connectivity index is 2.50. The van der Waals surface area contributed by atoms with Gasteiger partial charge in [0.2, 0.25) is 0 Å². The van der Waals surface area contributed by atoms with Crippen LogP contribution in [-0.4, -0.2) is 30.4 Å². The lowest BCUT2D eigenvalue weighted by molar-refractivity contribution is -0.136. The van der Waals surface area contributed by atoms with Gasteiger partial charge in [0.1, 0.15) is 5.75 Å². The van der Waals surface area contributed by atoms with E-state index in [1.165, 1.54) is 0 Å². The van der Waals surface area contributed by atoms with Gasteiger partial charge in [-0.3, -0.25) is 4.79 Å². The molecule has 1 rings (SSSR count). The molecule has 0 saturated carbocycles. The van der Waals surface area contributed by atoms with Gasteiger partial charge < -0.3 is 14.6 Å². The average Bonchev–Trinajstić information content (AvgIpc) is 2.28. The highest BCUT2D eigenvalue weighted by Gasteiger charge is 2.15. The van der Waals surface area contributed by atoms with E-state index in [1.807, 2.05) is 19.9 Å². The summed E-state index contributed by atoms with van der Waals surface area (Å²) >= 11 is 0. The summed E-state index contributed by atoms with van der Waals surface area (Å²) in [7, 11) is 1.67. The Hall–Kier alpha value is -1.55. The number of methoxy groups -OCH3 is 1. The van der Waals surface area contributed by atoms with E-state index >= 15 is 0 Å². The van der Waals surface area contributed by atoms with Crippen LogP contribution >= 0.6 is 0 Å². The standard InChI is InChI=1S/C14H20O4/c1-14(2,17-3)7-8-18-12-6-4-5-11(9-12)10-13(15)16/h4-6,9H,7-8,10H2,1-3H3,(H,15,16). The Morgan fingerprint density at radius 2 is 2.11 bits per heavy atom. The van der Waals surface area contributed by atoms with Crippen molar-refractivity contribution in [3.8, 4) is 5.75 Å². The number of hydrogen-bond acceptors (Lipinski definition) is 3. The summed E-state index contributed by atoms with van der Waals surface area (Å²) in [6.45, 7) is 4.53. The molecule has 0 aliphatic rings. The van der Waals surface area contributed by atoms with Gasteiger partial charge in [0.05, 0.1) is 18.6 Å². The third-order valence-electron chi connectivity index (χ3n) is 2.78. The highest BCUT2D eigenvalue weighted by molar-refractivity contribution is 5.70. The molecule has 4 heteroatoms. The van der Waals surface area contributed by atoms with Gasteiger partial charge in [-0.15, -0.1) is 0 Å². The summed E-state index contributed by atoms with van der Waals surface area (Å²) in [6.07, 6.45) is 0.785. The molecule has 0 aromatic heterocycles. The number of hydrogen-bond donors (Lipinski definition) is 1. The zero-order chi connectivity index (χ0) is 13.6. The number of benzene rings is 1. The molecule has 0 saturated heterocycles. The fourth-order valence-corrected chi connectivity index (χ4v) is 1.44. The Morgan fingerprint density at radius 3 is 2.72 bits per heavy atom. The van der Waals surface area contributed by atoms with Crippen molar-refractivity contribution in [2.75, 3.05) is 13.7 Å². The minimum Gasteiger partial charge on any atom is -0.493 e. The molecule has 0 fully saturated rings. The number of rotatable bonds is 7. The molecule has 18 heavy (non-hydrogen) atoms. The molecule has 0 aliphatic heterocycles. The topological polar surface area (TPSA) is 55.8 Å². The maximum absolute atomic E-state index is 10.6. The molecule has 0 amide bonds. The lowest BCUT2D eigenvalue weighted by atomic mass is 10.1. The molecule has 0 unspecified atom stereocenters. The van der Waals surface area contributed by atoms with Crippen molar-refractivity contribution in [3.63, 3.8) is 0 Å². The number of carboxylic acids is 1. The third-order valence-corrected chi connectivity index (χ3v) is 2.78. The molecule has 4 nitrogen and oxygen atoms in total. The molecule has 0 aliphatic carbocycles. The first-order valence-corrected chi connectivity index (χ1v) is 5.91.